The predicted octanol–water partition coefficient (Wildman–Crippen LogP) is 3.65. The van der Waals surface area contributed by atoms with Gasteiger partial charge in [-0.25, -0.2) is 0 Å². The molecule has 2 aromatic rings. The average Bonchev–Trinajstić information content (AvgIpc) is 3.34. The number of rotatable bonds is 7. The zero-order valence-corrected chi connectivity index (χ0v) is 17.3. The molecule has 1 heterocycles. The SMILES string of the molecule is I.OC(CN=C(NCCc1ccco1)NC1CCCC1)c1ccccc1. The van der Waals surface area contributed by atoms with E-state index in [0.29, 0.717) is 12.6 Å². The lowest BCUT2D eigenvalue weighted by Gasteiger charge is -2.18. The van der Waals surface area contributed by atoms with Gasteiger partial charge in [0, 0.05) is 19.0 Å². The van der Waals surface area contributed by atoms with Gasteiger partial charge in [-0.15, -0.1) is 24.0 Å². The maximum atomic E-state index is 10.3. The molecule has 26 heavy (non-hydrogen) atoms. The summed E-state index contributed by atoms with van der Waals surface area (Å²) in [6.07, 6.45) is 6.80. The number of benzene rings is 1. The fourth-order valence-electron chi connectivity index (χ4n) is 3.13. The maximum absolute atomic E-state index is 10.3. The van der Waals surface area contributed by atoms with E-state index in [1.807, 2.05) is 42.5 Å². The van der Waals surface area contributed by atoms with Crippen LogP contribution < -0.4 is 10.6 Å². The van der Waals surface area contributed by atoms with Crippen molar-refractivity contribution in [2.45, 2.75) is 44.2 Å². The Hall–Kier alpha value is -1.54. The van der Waals surface area contributed by atoms with Gasteiger partial charge in [-0.05, 0) is 30.5 Å². The number of guanidine groups is 1. The molecule has 0 saturated heterocycles. The van der Waals surface area contributed by atoms with Gasteiger partial charge in [0.15, 0.2) is 5.96 Å². The second kappa shape index (κ2) is 11.2. The number of aliphatic hydroxyl groups excluding tert-OH is 1. The molecule has 0 radical (unpaired) electrons. The summed E-state index contributed by atoms with van der Waals surface area (Å²) in [5.74, 6) is 1.73. The lowest BCUT2D eigenvalue weighted by molar-refractivity contribution is 0.187. The summed E-state index contributed by atoms with van der Waals surface area (Å²) in [5.41, 5.74) is 0.891. The van der Waals surface area contributed by atoms with Crippen LogP contribution in [0.25, 0.3) is 0 Å². The van der Waals surface area contributed by atoms with Gasteiger partial charge >= 0.3 is 0 Å². The van der Waals surface area contributed by atoms with E-state index >= 15 is 0 Å². The van der Waals surface area contributed by atoms with E-state index in [-0.39, 0.29) is 24.0 Å². The predicted molar refractivity (Wildman–Crippen MR) is 115 cm³/mol. The summed E-state index contributed by atoms with van der Waals surface area (Å²) in [6, 6.07) is 14.0. The molecular weight excluding hydrogens is 441 g/mol. The summed E-state index contributed by atoms with van der Waals surface area (Å²) in [6.45, 7) is 1.08. The van der Waals surface area contributed by atoms with Crippen molar-refractivity contribution >= 4 is 29.9 Å². The number of aliphatic imine (C=N–C) groups is 1. The smallest absolute Gasteiger partial charge is 0.191 e. The third kappa shape index (κ3) is 6.64. The second-order valence-corrected chi connectivity index (χ2v) is 6.50. The zero-order valence-electron chi connectivity index (χ0n) is 14.9. The van der Waals surface area contributed by atoms with E-state index < -0.39 is 6.10 Å². The highest BCUT2D eigenvalue weighted by Gasteiger charge is 2.16. The standard InChI is InChI=1S/C20H27N3O2.HI/c24-19(16-7-2-1-3-8-16)15-22-20(23-17-9-4-5-10-17)21-13-12-18-11-6-14-25-18;/h1-3,6-8,11,14,17,19,24H,4-5,9-10,12-13,15H2,(H2,21,22,23);1H. The summed E-state index contributed by atoms with van der Waals surface area (Å²) >= 11 is 0. The zero-order chi connectivity index (χ0) is 17.3. The van der Waals surface area contributed by atoms with Crippen molar-refractivity contribution in [3.8, 4) is 0 Å². The third-order valence-electron chi connectivity index (χ3n) is 4.55. The quantitative estimate of drug-likeness (QED) is 0.329. The van der Waals surface area contributed by atoms with Crippen LogP contribution in [0.5, 0.6) is 0 Å². The lowest BCUT2D eigenvalue weighted by Crippen LogP contribution is -2.43. The minimum absolute atomic E-state index is 0. The first kappa shape index (κ1) is 20.8. The van der Waals surface area contributed by atoms with Crippen molar-refractivity contribution in [2.24, 2.45) is 4.99 Å². The van der Waals surface area contributed by atoms with Crippen molar-refractivity contribution < 1.29 is 9.52 Å². The Morgan fingerprint density at radius 2 is 1.92 bits per heavy atom. The van der Waals surface area contributed by atoms with E-state index in [1.54, 1.807) is 6.26 Å². The molecule has 1 aromatic heterocycles. The van der Waals surface area contributed by atoms with Gasteiger partial charge in [0.05, 0.1) is 18.9 Å². The van der Waals surface area contributed by atoms with Crippen LogP contribution in [0.3, 0.4) is 0 Å². The molecule has 0 bridgehead atoms. The highest BCUT2D eigenvalue weighted by Crippen LogP contribution is 2.17. The molecule has 1 unspecified atom stereocenters. The Morgan fingerprint density at radius 3 is 2.62 bits per heavy atom. The van der Waals surface area contributed by atoms with Gasteiger partial charge in [-0.3, -0.25) is 4.99 Å². The van der Waals surface area contributed by atoms with E-state index in [2.05, 4.69) is 15.6 Å². The van der Waals surface area contributed by atoms with Crippen LogP contribution in [-0.2, 0) is 6.42 Å². The van der Waals surface area contributed by atoms with Gasteiger partial charge in [0.25, 0.3) is 0 Å². The van der Waals surface area contributed by atoms with Crippen LogP contribution in [0.15, 0.2) is 58.1 Å². The number of halogens is 1. The summed E-state index contributed by atoms with van der Waals surface area (Å²) in [4.78, 5) is 4.60. The fraction of sp³-hybridized carbons (Fsp3) is 0.450. The van der Waals surface area contributed by atoms with Gasteiger partial charge in [0.2, 0.25) is 0 Å². The number of hydrogen-bond donors (Lipinski definition) is 3. The average molecular weight is 469 g/mol. The number of hydrogen-bond acceptors (Lipinski definition) is 3. The van der Waals surface area contributed by atoms with Crippen LogP contribution >= 0.6 is 24.0 Å². The molecule has 0 amide bonds. The molecule has 0 spiro atoms. The fourth-order valence-corrected chi connectivity index (χ4v) is 3.13. The molecule has 6 heteroatoms. The lowest BCUT2D eigenvalue weighted by atomic mass is 10.1. The molecular formula is C20H28IN3O2. The van der Waals surface area contributed by atoms with Crippen LogP contribution in [0.4, 0.5) is 0 Å². The van der Waals surface area contributed by atoms with Crippen molar-refractivity contribution in [3.05, 3.63) is 60.1 Å². The number of nitrogens with one attached hydrogen (secondary N) is 2. The van der Waals surface area contributed by atoms with Gasteiger partial charge < -0.3 is 20.2 Å². The first-order chi connectivity index (χ1) is 12.3. The van der Waals surface area contributed by atoms with Crippen molar-refractivity contribution in [1.29, 1.82) is 0 Å². The van der Waals surface area contributed by atoms with E-state index in [0.717, 1.165) is 30.2 Å². The van der Waals surface area contributed by atoms with E-state index in [9.17, 15) is 5.11 Å². The second-order valence-electron chi connectivity index (χ2n) is 6.50. The Bertz CT molecular complexity index is 640. The first-order valence-corrected chi connectivity index (χ1v) is 9.11. The Labute approximate surface area is 172 Å². The summed E-state index contributed by atoms with van der Waals surface area (Å²) in [7, 11) is 0. The first-order valence-electron chi connectivity index (χ1n) is 9.11. The Morgan fingerprint density at radius 1 is 1.15 bits per heavy atom. The van der Waals surface area contributed by atoms with Gasteiger partial charge in [-0.1, -0.05) is 43.2 Å². The third-order valence-corrected chi connectivity index (χ3v) is 4.55. The van der Waals surface area contributed by atoms with Crippen molar-refractivity contribution in [3.63, 3.8) is 0 Å². The number of furan rings is 1. The van der Waals surface area contributed by atoms with Crippen LogP contribution in [0.1, 0.15) is 43.1 Å². The Balaban J connectivity index is 0.00000243. The molecule has 3 N–H and O–H groups in total. The molecule has 5 nitrogen and oxygen atoms in total. The van der Waals surface area contributed by atoms with Gasteiger partial charge in [0.1, 0.15) is 5.76 Å². The van der Waals surface area contributed by atoms with E-state index in [1.165, 1.54) is 25.7 Å². The van der Waals surface area contributed by atoms with Crippen LogP contribution in [-0.4, -0.2) is 30.2 Å². The molecule has 1 fully saturated rings. The molecule has 1 saturated carbocycles. The minimum atomic E-state index is -0.589. The topological polar surface area (TPSA) is 69.8 Å². The highest BCUT2D eigenvalue weighted by atomic mass is 127. The summed E-state index contributed by atoms with van der Waals surface area (Å²) in [5, 5.41) is 17.2. The molecule has 0 aliphatic heterocycles. The monoisotopic (exact) mass is 469 g/mol. The maximum Gasteiger partial charge on any atom is 0.191 e. The molecule has 1 atom stereocenters. The normalized spacial score (nSPS) is 16.1. The number of nitrogens with zero attached hydrogens (tertiary/aromatic N) is 1. The van der Waals surface area contributed by atoms with Crippen molar-refractivity contribution in [1.82, 2.24) is 10.6 Å². The van der Waals surface area contributed by atoms with Gasteiger partial charge in [-0.2, -0.15) is 0 Å². The molecule has 3 rings (SSSR count). The van der Waals surface area contributed by atoms with E-state index in [4.69, 9.17) is 4.42 Å². The number of aliphatic hydroxyl groups is 1. The van der Waals surface area contributed by atoms with Crippen LogP contribution in [0.2, 0.25) is 0 Å². The van der Waals surface area contributed by atoms with Crippen molar-refractivity contribution in [2.75, 3.05) is 13.1 Å². The Kier molecular flexibility index (Phi) is 8.97. The molecule has 1 aliphatic carbocycles. The minimum Gasteiger partial charge on any atom is -0.469 e. The summed E-state index contributed by atoms with van der Waals surface area (Å²) < 4.78 is 5.36. The van der Waals surface area contributed by atoms with Crippen LogP contribution in [0, 0.1) is 0 Å². The largest absolute Gasteiger partial charge is 0.469 e. The highest BCUT2D eigenvalue weighted by molar-refractivity contribution is 14.0. The molecule has 1 aromatic carbocycles. The molecule has 1 aliphatic rings. The molecule has 142 valence electrons.